The van der Waals surface area contributed by atoms with Gasteiger partial charge < -0.3 is 10.1 Å². The molecule has 0 saturated heterocycles. The second-order valence-corrected chi connectivity index (χ2v) is 6.37. The van der Waals surface area contributed by atoms with Crippen LogP contribution in [0.15, 0.2) is 48.5 Å². The first-order valence-electron chi connectivity index (χ1n) is 8.56. The molecular weight excluding hydrogens is 359 g/mol. The first-order valence-corrected chi connectivity index (χ1v) is 8.56. The minimum Gasteiger partial charge on any atom is -0.452 e. The zero-order valence-electron chi connectivity index (χ0n) is 14.4. The van der Waals surface area contributed by atoms with Gasteiger partial charge in [0.1, 0.15) is 0 Å². The van der Waals surface area contributed by atoms with E-state index in [0.717, 1.165) is 37.0 Å². The Labute approximate surface area is 154 Å². The predicted octanol–water partition coefficient (Wildman–Crippen LogP) is 4.06. The number of aryl methyl sites for hydroxylation is 1. The molecule has 3 rings (SSSR count). The van der Waals surface area contributed by atoms with Crippen LogP contribution in [0, 0.1) is 0 Å². The van der Waals surface area contributed by atoms with Gasteiger partial charge in [0.05, 0.1) is 17.2 Å². The monoisotopic (exact) mass is 377 g/mol. The number of ether oxygens (including phenoxy) is 1. The van der Waals surface area contributed by atoms with E-state index < -0.39 is 30.2 Å². The maximum Gasteiger partial charge on any atom is 0.416 e. The fourth-order valence-electron chi connectivity index (χ4n) is 3.18. The lowest BCUT2D eigenvalue weighted by molar-refractivity contribution is -0.137. The van der Waals surface area contributed by atoms with Gasteiger partial charge in [-0.3, -0.25) is 4.79 Å². The molecule has 0 spiro atoms. The van der Waals surface area contributed by atoms with Crippen molar-refractivity contribution in [3.8, 4) is 0 Å². The van der Waals surface area contributed by atoms with Crippen LogP contribution in [0.4, 0.5) is 13.2 Å². The Bertz CT molecular complexity index is 848. The summed E-state index contributed by atoms with van der Waals surface area (Å²) in [6, 6.07) is 11.6. The van der Waals surface area contributed by atoms with Crippen LogP contribution >= 0.6 is 0 Å². The van der Waals surface area contributed by atoms with Crippen molar-refractivity contribution >= 4 is 11.9 Å². The van der Waals surface area contributed by atoms with Crippen LogP contribution in [0.2, 0.25) is 0 Å². The van der Waals surface area contributed by atoms with Crippen molar-refractivity contribution in [1.29, 1.82) is 0 Å². The quantitative estimate of drug-likeness (QED) is 0.818. The summed E-state index contributed by atoms with van der Waals surface area (Å²) < 4.78 is 43.0. The van der Waals surface area contributed by atoms with E-state index in [0.29, 0.717) is 6.07 Å². The Morgan fingerprint density at radius 3 is 2.67 bits per heavy atom. The topological polar surface area (TPSA) is 55.4 Å². The molecule has 0 bridgehead atoms. The fourth-order valence-corrected chi connectivity index (χ4v) is 3.18. The summed E-state index contributed by atoms with van der Waals surface area (Å²) in [5.74, 6) is -1.46. The number of amides is 1. The molecule has 4 nitrogen and oxygen atoms in total. The third kappa shape index (κ3) is 4.67. The van der Waals surface area contributed by atoms with Gasteiger partial charge in [-0.25, -0.2) is 4.79 Å². The van der Waals surface area contributed by atoms with Gasteiger partial charge in [-0.15, -0.1) is 0 Å². The summed E-state index contributed by atoms with van der Waals surface area (Å²) in [7, 11) is 0. The van der Waals surface area contributed by atoms with Gasteiger partial charge in [0.2, 0.25) is 0 Å². The number of carbonyl (C=O) groups is 2. The number of hydrogen-bond donors (Lipinski definition) is 1. The van der Waals surface area contributed by atoms with Crippen molar-refractivity contribution in [2.24, 2.45) is 0 Å². The van der Waals surface area contributed by atoms with Gasteiger partial charge in [0, 0.05) is 0 Å². The van der Waals surface area contributed by atoms with Crippen molar-refractivity contribution in [2.75, 3.05) is 6.61 Å². The van der Waals surface area contributed by atoms with E-state index in [1.165, 1.54) is 11.6 Å². The van der Waals surface area contributed by atoms with Crippen LogP contribution in [0.1, 0.15) is 45.9 Å². The predicted molar refractivity (Wildman–Crippen MR) is 92.0 cm³/mol. The molecule has 0 heterocycles. The van der Waals surface area contributed by atoms with Crippen molar-refractivity contribution < 1.29 is 27.5 Å². The Morgan fingerprint density at radius 2 is 1.89 bits per heavy atom. The number of alkyl halides is 3. The number of benzene rings is 2. The number of fused-ring (bicyclic) bond motifs is 1. The molecule has 0 aromatic heterocycles. The van der Waals surface area contributed by atoms with E-state index in [-0.39, 0.29) is 11.6 Å². The molecule has 0 saturated carbocycles. The summed E-state index contributed by atoms with van der Waals surface area (Å²) in [6.45, 7) is -0.548. The van der Waals surface area contributed by atoms with Gasteiger partial charge in [-0.05, 0) is 48.6 Å². The molecule has 2 aromatic rings. The van der Waals surface area contributed by atoms with E-state index >= 15 is 0 Å². The Hall–Kier alpha value is -2.83. The smallest absolute Gasteiger partial charge is 0.416 e. The van der Waals surface area contributed by atoms with Crippen LogP contribution in [-0.4, -0.2) is 18.5 Å². The first-order chi connectivity index (χ1) is 12.8. The SMILES string of the molecule is O=C(COC(=O)c1cccc(C(F)(F)F)c1)N[C@H]1CCCc2ccccc21. The molecule has 1 aliphatic carbocycles. The number of hydrogen-bond acceptors (Lipinski definition) is 3. The molecule has 0 radical (unpaired) electrons. The van der Waals surface area contributed by atoms with Crippen LogP contribution in [-0.2, 0) is 22.1 Å². The van der Waals surface area contributed by atoms with Gasteiger partial charge in [0.15, 0.2) is 6.61 Å². The maximum atomic E-state index is 12.7. The number of rotatable bonds is 4. The summed E-state index contributed by atoms with van der Waals surface area (Å²) in [6.07, 6.45) is -1.88. The molecular formula is C20H18F3NO3. The summed E-state index contributed by atoms with van der Waals surface area (Å²) in [5.41, 5.74) is 1.03. The van der Waals surface area contributed by atoms with E-state index in [1.54, 1.807) is 0 Å². The maximum absolute atomic E-state index is 12.7. The Kier molecular flexibility index (Phi) is 5.48. The molecule has 0 unspecified atom stereocenters. The molecule has 27 heavy (non-hydrogen) atoms. The van der Waals surface area contributed by atoms with Crippen molar-refractivity contribution in [3.05, 3.63) is 70.8 Å². The zero-order chi connectivity index (χ0) is 19.4. The lowest BCUT2D eigenvalue weighted by Crippen LogP contribution is -2.34. The lowest BCUT2D eigenvalue weighted by Gasteiger charge is -2.26. The average molecular weight is 377 g/mol. The third-order valence-electron chi connectivity index (χ3n) is 4.46. The van der Waals surface area contributed by atoms with Crippen molar-refractivity contribution in [1.82, 2.24) is 5.32 Å². The normalized spacial score (nSPS) is 16.3. The second kappa shape index (κ2) is 7.82. The Morgan fingerprint density at radius 1 is 1.11 bits per heavy atom. The lowest BCUT2D eigenvalue weighted by atomic mass is 9.88. The summed E-state index contributed by atoms with van der Waals surface area (Å²) in [4.78, 5) is 24.1. The summed E-state index contributed by atoms with van der Waals surface area (Å²) >= 11 is 0. The molecule has 1 atom stereocenters. The molecule has 1 aliphatic rings. The molecule has 0 aliphatic heterocycles. The van der Waals surface area contributed by atoms with Gasteiger partial charge in [0.25, 0.3) is 5.91 Å². The van der Waals surface area contributed by atoms with Crippen LogP contribution in [0.3, 0.4) is 0 Å². The highest BCUT2D eigenvalue weighted by atomic mass is 19.4. The second-order valence-electron chi connectivity index (χ2n) is 6.37. The van der Waals surface area contributed by atoms with E-state index in [9.17, 15) is 22.8 Å². The molecule has 142 valence electrons. The average Bonchev–Trinajstić information content (AvgIpc) is 2.66. The number of carbonyl (C=O) groups excluding carboxylic acids is 2. The van der Waals surface area contributed by atoms with E-state index in [1.807, 2.05) is 24.3 Å². The van der Waals surface area contributed by atoms with Crippen molar-refractivity contribution in [2.45, 2.75) is 31.5 Å². The number of halogens is 3. The highest BCUT2D eigenvalue weighted by Gasteiger charge is 2.31. The zero-order valence-corrected chi connectivity index (χ0v) is 14.4. The standard InChI is InChI=1S/C20H18F3NO3/c21-20(22,23)15-8-3-7-14(11-15)19(26)27-12-18(25)24-17-10-4-6-13-5-1-2-9-16(13)17/h1-3,5,7-9,11,17H,4,6,10,12H2,(H,24,25)/t17-/m0/s1. The fraction of sp³-hybridized carbons (Fsp3) is 0.300. The molecule has 2 aromatic carbocycles. The molecule has 0 fully saturated rings. The molecule has 7 heteroatoms. The Balaban J connectivity index is 1.58. The minimum atomic E-state index is -4.55. The van der Waals surface area contributed by atoms with E-state index in [2.05, 4.69) is 5.32 Å². The van der Waals surface area contributed by atoms with Gasteiger partial charge in [-0.1, -0.05) is 30.3 Å². The minimum absolute atomic E-state index is 0.158. The van der Waals surface area contributed by atoms with E-state index in [4.69, 9.17) is 4.74 Å². The summed E-state index contributed by atoms with van der Waals surface area (Å²) in [5, 5.41) is 2.82. The van der Waals surface area contributed by atoms with Crippen LogP contribution in [0.5, 0.6) is 0 Å². The largest absolute Gasteiger partial charge is 0.452 e. The molecule has 1 amide bonds. The van der Waals surface area contributed by atoms with Crippen LogP contribution < -0.4 is 5.32 Å². The highest BCUT2D eigenvalue weighted by molar-refractivity contribution is 5.91. The third-order valence-corrected chi connectivity index (χ3v) is 4.46. The van der Waals surface area contributed by atoms with Gasteiger partial charge in [-0.2, -0.15) is 13.2 Å². The van der Waals surface area contributed by atoms with Crippen LogP contribution in [0.25, 0.3) is 0 Å². The highest BCUT2D eigenvalue weighted by Crippen LogP contribution is 2.30. The van der Waals surface area contributed by atoms with Crippen molar-refractivity contribution in [3.63, 3.8) is 0 Å². The molecule has 1 N–H and O–H groups in total. The van der Waals surface area contributed by atoms with Gasteiger partial charge >= 0.3 is 12.1 Å². The number of esters is 1. The first kappa shape index (κ1) is 18.9. The number of nitrogens with one attached hydrogen (secondary N) is 1.